The molecule has 0 aliphatic carbocycles. The van der Waals surface area contributed by atoms with Gasteiger partial charge in [0.2, 0.25) is 5.89 Å². The van der Waals surface area contributed by atoms with Gasteiger partial charge in [-0.2, -0.15) is 0 Å². The number of rotatable bonds is 6. The smallest absolute Gasteiger partial charge is 0.308 e. The molecule has 0 aliphatic rings. The van der Waals surface area contributed by atoms with Crippen LogP contribution in [0.25, 0.3) is 22.7 Å². The first-order chi connectivity index (χ1) is 11.7. The van der Waals surface area contributed by atoms with Gasteiger partial charge in [0, 0.05) is 11.1 Å². The minimum atomic E-state index is -0.947. The number of hydrogen-bond acceptors (Lipinski definition) is 4. The van der Waals surface area contributed by atoms with Crippen LogP contribution in [0.4, 0.5) is 0 Å². The van der Waals surface area contributed by atoms with Crippen molar-refractivity contribution in [1.82, 2.24) is 4.98 Å². The van der Waals surface area contributed by atoms with Gasteiger partial charge in [-0.1, -0.05) is 30.3 Å². The van der Waals surface area contributed by atoms with E-state index in [1.54, 1.807) is 12.1 Å². The second kappa shape index (κ2) is 7.00. The van der Waals surface area contributed by atoms with Crippen molar-refractivity contribution in [3.63, 3.8) is 0 Å². The summed E-state index contributed by atoms with van der Waals surface area (Å²) in [6.45, 7) is 2.43. The van der Waals surface area contributed by atoms with Crippen molar-refractivity contribution in [1.29, 1.82) is 0 Å². The maximum absolute atomic E-state index is 11.3. The summed E-state index contributed by atoms with van der Waals surface area (Å²) in [5.74, 6) is 0.0568. The maximum atomic E-state index is 11.3. The second-order valence-corrected chi connectivity index (χ2v) is 5.20. The number of aliphatic carboxylic acids is 1. The monoisotopic (exact) mass is 323 g/mol. The highest BCUT2D eigenvalue weighted by molar-refractivity contribution is 5.91. The molecular formula is C19H17NO4. The molecule has 0 radical (unpaired) electrons. The number of hydrogen-bond donors (Lipinski definition) is 1. The number of carboxylic acids is 1. The second-order valence-electron chi connectivity index (χ2n) is 5.20. The van der Waals surface area contributed by atoms with Crippen molar-refractivity contribution in [3.05, 3.63) is 60.0 Å². The van der Waals surface area contributed by atoms with Crippen LogP contribution in [0.2, 0.25) is 0 Å². The molecule has 3 rings (SSSR count). The molecule has 0 amide bonds. The Labute approximate surface area is 139 Å². The van der Waals surface area contributed by atoms with Crippen LogP contribution in [0.1, 0.15) is 24.8 Å². The minimum Gasteiger partial charge on any atom is -0.493 e. The van der Waals surface area contributed by atoms with Crippen molar-refractivity contribution >= 4 is 28.7 Å². The third-order valence-corrected chi connectivity index (χ3v) is 3.46. The quantitative estimate of drug-likeness (QED) is 0.734. The van der Waals surface area contributed by atoms with Gasteiger partial charge in [0.15, 0.2) is 5.58 Å². The molecule has 2 aromatic carbocycles. The van der Waals surface area contributed by atoms with Gasteiger partial charge in [0.25, 0.3) is 0 Å². The van der Waals surface area contributed by atoms with Crippen LogP contribution in [0.5, 0.6) is 5.75 Å². The Hall–Kier alpha value is -3.08. The number of para-hydroxylation sites is 3. The van der Waals surface area contributed by atoms with Crippen molar-refractivity contribution < 1.29 is 19.1 Å². The molecule has 0 saturated carbocycles. The number of oxazole rings is 1. The van der Waals surface area contributed by atoms with Crippen LogP contribution in [0.15, 0.2) is 52.9 Å². The molecule has 1 aromatic heterocycles. The molecule has 0 atom stereocenters. The summed E-state index contributed by atoms with van der Waals surface area (Å²) >= 11 is 0. The van der Waals surface area contributed by atoms with E-state index < -0.39 is 5.97 Å². The summed E-state index contributed by atoms with van der Waals surface area (Å²) in [7, 11) is 0. The van der Waals surface area contributed by atoms with Gasteiger partial charge in [-0.25, -0.2) is 4.98 Å². The molecule has 0 saturated heterocycles. The lowest BCUT2D eigenvalue weighted by Crippen LogP contribution is -1.98. The Morgan fingerprint density at radius 2 is 1.96 bits per heavy atom. The van der Waals surface area contributed by atoms with E-state index in [1.165, 1.54) is 0 Å². The molecule has 3 aromatic rings. The first-order valence-electron chi connectivity index (χ1n) is 7.67. The average molecular weight is 323 g/mol. The summed E-state index contributed by atoms with van der Waals surface area (Å²) in [5, 5.41) is 9.23. The lowest BCUT2D eigenvalue weighted by atomic mass is 10.1. The Morgan fingerprint density at radius 1 is 1.21 bits per heavy atom. The van der Waals surface area contributed by atoms with E-state index in [4.69, 9.17) is 9.15 Å². The van der Waals surface area contributed by atoms with Gasteiger partial charge in [-0.05, 0) is 31.2 Å². The van der Waals surface area contributed by atoms with Crippen LogP contribution in [-0.4, -0.2) is 22.7 Å². The number of ether oxygens (including phenoxy) is 1. The van der Waals surface area contributed by atoms with Gasteiger partial charge < -0.3 is 14.3 Å². The first kappa shape index (κ1) is 15.8. The van der Waals surface area contributed by atoms with Crippen LogP contribution >= 0.6 is 0 Å². The van der Waals surface area contributed by atoms with Gasteiger partial charge in [-0.3, -0.25) is 4.79 Å². The lowest BCUT2D eigenvalue weighted by Gasteiger charge is -2.08. The van der Waals surface area contributed by atoms with E-state index in [0.29, 0.717) is 34.9 Å². The zero-order chi connectivity index (χ0) is 16.9. The molecule has 122 valence electrons. The lowest BCUT2D eigenvalue weighted by molar-refractivity contribution is -0.135. The zero-order valence-electron chi connectivity index (χ0n) is 13.2. The molecule has 5 nitrogen and oxygen atoms in total. The minimum absolute atomic E-state index is 0.187. The van der Waals surface area contributed by atoms with Crippen molar-refractivity contribution in [2.75, 3.05) is 6.61 Å². The molecule has 1 heterocycles. The summed E-state index contributed by atoms with van der Waals surface area (Å²) < 4.78 is 11.3. The SMILES string of the molecule is CCOc1ccccc1/C=C(\CC(=O)O)c1nc2ccccc2o1. The molecule has 0 unspecified atom stereocenters. The Morgan fingerprint density at radius 3 is 2.71 bits per heavy atom. The van der Waals surface area contributed by atoms with E-state index >= 15 is 0 Å². The summed E-state index contributed by atoms with van der Waals surface area (Å²) in [6, 6.07) is 14.8. The molecular weight excluding hydrogens is 306 g/mol. The van der Waals surface area contributed by atoms with Gasteiger partial charge in [0.05, 0.1) is 13.0 Å². The fourth-order valence-electron chi connectivity index (χ4n) is 2.44. The molecule has 0 fully saturated rings. The predicted octanol–water partition coefficient (Wildman–Crippen LogP) is 4.24. The van der Waals surface area contributed by atoms with Gasteiger partial charge in [-0.15, -0.1) is 0 Å². The van der Waals surface area contributed by atoms with E-state index in [2.05, 4.69) is 4.98 Å². The standard InChI is InChI=1S/C19H17NO4/c1-2-23-16-9-5-3-7-13(16)11-14(12-18(21)22)19-20-15-8-4-6-10-17(15)24-19/h3-11H,2,12H2,1H3,(H,21,22)/b14-11+. The summed E-state index contributed by atoms with van der Waals surface area (Å²) in [4.78, 5) is 15.7. The fourth-order valence-corrected chi connectivity index (χ4v) is 2.44. The van der Waals surface area contributed by atoms with E-state index in [0.717, 1.165) is 5.56 Å². The van der Waals surface area contributed by atoms with Crippen molar-refractivity contribution in [3.8, 4) is 5.75 Å². The zero-order valence-corrected chi connectivity index (χ0v) is 13.2. The fraction of sp³-hybridized carbons (Fsp3) is 0.158. The highest BCUT2D eigenvalue weighted by Gasteiger charge is 2.15. The highest BCUT2D eigenvalue weighted by atomic mass is 16.5. The molecule has 0 aliphatic heterocycles. The summed E-state index contributed by atoms with van der Waals surface area (Å²) in [5.41, 5.74) is 2.60. The number of benzene rings is 2. The predicted molar refractivity (Wildman–Crippen MR) is 91.7 cm³/mol. The van der Waals surface area contributed by atoms with Crippen LogP contribution in [0.3, 0.4) is 0 Å². The van der Waals surface area contributed by atoms with Crippen LogP contribution in [-0.2, 0) is 4.79 Å². The highest BCUT2D eigenvalue weighted by Crippen LogP contribution is 2.28. The number of fused-ring (bicyclic) bond motifs is 1. The van der Waals surface area contributed by atoms with Gasteiger partial charge in [0.1, 0.15) is 11.3 Å². The largest absolute Gasteiger partial charge is 0.493 e. The van der Waals surface area contributed by atoms with E-state index in [9.17, 15) is 9.90 Å². The number of carbonyl (C=O) groups is 1. The normalized spacial score (nSPS) is 11.6. The van der Waals surface area contributed by atoms with E-state index in [-0.39, 0.29) is 6.42 Å². The Bertz CT molecular complexity index is 862. The summed E-state index contributed by atoms with van der Waals surface area (Å²) in [6.07, 6.45) is 1.57. The average Bonchev–Trinajstić information content (AvgIpc) is 3.00. The van der Waals surface area contributed by atoms with Crippen LogP contribution < -0.4 is 4.74 Å². The molecule has 0 bridgehead atoms. The first-order valence-corrected chi connectivity index (χ1v) is 7.67. The third-order valence-electron chi connectivity index (χ3n) is 3.46. The molecule has 24 heavy (non-hydrogen) atoms. The Balaban J connectivity index is 2.07. The molecule has 1 N–H and O–H groups in total. The maximum Gasteiger partial charge on any atom is 0.308 e. The molecule has 5 heteroatoms. The van der Waals surface area contributed by atoms with Crippen molar-refractivity contribution in [2.24, 2.45) is 0 Å². The Kier molecular flexibility index (Phi) is 4.61. The number of carboxylic acid groups (broad SMARTS) is 1. The topological polar surface area (TPSA) is 72.6 Å². The third kappa shape index (κ3) is 3.46. The van der Waals surface area contributed by atoms with Crippen molar-refractivity contribution in [2.45, 2.75) is 13.3 Å². The van der Waals surface area contributed by atoms with Gasteiger partial charge >= 0.3 is 5.97 Å². The number of aromatic nitrogens is 1. The van der Waals surface area contributed by atoms with Crippen LogP contribution in [0, 0.1) is 0 Å². The van der Waals surface area contributed by atoms with E-state index in [1.807, 2.05) is 49.4 Å². The number of nitrogens with zero attached hydrogens (tertiary/aromatic N) is 1. The molecule has 0 spiro atoms.